The number of hydrogen-bond donors (Lipinski definition) is 0. The quantitative estimate of drug-likeness (QED) is 0.0664. The molecule has 0 aromatic heterocycles. The second-order valence-electron chi connectivity index (χ2n) is 9.11. The molecule has 1 aromatic rings. The van der Waals surface area contributed by atoms with E-state index in [0.29, 0.717) is 50.8 Å². The number of alkyl halides is 1. The van der Waals surface area contributed by atoms with Crippen LogP contribution >= 0.6 is 22.6 Å². The number of rotatable bonds is 18. The minimum Gasteiger partial charge on any atom is -0.496 e. The number of allylic oxidation sites excluding steroid dienone is 4. The third-order valence-corrected chi connectivity index (χ3v) is 7.06. The summed E-state index contributed by atoms with van der Waals surface area (Å²) < 4.78 is 32.3. The molecule has 0 radical (unpaired) electrons. The highest BCUT2D eigenvalue weighted by molar-refractivity contribution is 14.1. The first kappa shape index (κ1) is 32.6. The molecule has 8 nitrogen and oxygen atoms in total. The van der Waals surface area contributed by atoms with Gasteiger partial charge in [-0.3, -0.25) is 0 Å². The summed E-state index contributed by atoms with van der Waals surface area (Å²) in [4.78, 5) is 22.6. The molecule has 1 aromatic carbocycles. The monoisotopic (exact) mass is 654 g/mol. The molecule has 0 bridgehead atoms. The van der Waals surface area contributed by atoms with E-state index in [2.05, 4.69) is 60.9 Å². The third-order valence-electron chi connectivity index (χ3n) is 5.74. The van der Waals surface area contributed by atoms with Crippen molar-refractivity contribution in [1.82, 2.24) is 0 Å². The minimum atomic E-state index is -0.412. The van der Waals surface area contributed by atoms with E-state index in [1.54, 1.807) is 13.8 Å². The van der Waals surface area contributed by atoms with Crippen molar-refractivity contribution >= 4 is 34.5 Å². The molecule has 0 saturated carbocycles. The van der Waals surface area contributed by atoms with Crippen LogP contribution in [0.5, 0.6) is 5.75 Å². The number of carbonyl (C=O) groups is 2. The molecule has 0 N–H and O–H groups in total. The van der Waals surface area contributed by atoms with Crippen LogP contribution < -0.4 is 4.74 Å². The van der Waals surface area contributed by atoms with E-state index in [1.165, 1.54) is 11.1 Å². The van der Waals surface area contributed by atoms with E-state index >= 15 is 0 Å². The Kier molecular flexibility index (Phi) is 14.3. The van der Waals surface area contributed by atoms with Gasteiger partial charge in [0.25, 0.3) is 0 Å². The third kappa shape index (κ3) is 12.0. The maximum Gasteiger partial charge on any atom is 0.333 e. The molecule has 214 valence electrons. The SMILES string of the molecule is C=C(C)C(=O)OCCOCCOC1=CC=C(C(C)(I)c2ccc(OCCOCCOC(=O)C(=C)C)cc2)CC1. The molecule has 1 aliphatic rings. The summed E-state index contributed by atoms with van der Waals surface area (Å²) in [6, 6.07) is 8.10. The number of carbonyl (C=O) groups excluding carboxylic acids is 2. The molecule has 0 fully saturated rings. The lowest BCUT2D eigenvalue weighted by Crippen LogP contribution is -2.18. The Morgan fingerprint density at radius 3 is 1.77 bits per heavy atom. The fourth-order valence-corrected chi connectivity index (χ4v) is 4.28. The van der Waals surface area contributed by atoms with Crippen LogP contribution in [0.3, 0.4) is 0 Å². The van der Waals surface area contributed by atoms with Crippen LogP contribution in [-0.2, 0) is 36.7 Å². The zero-order chi connectivity index (χ0) is 28.7. The number of esters is 2. The van der Waals surface area contributed by atoms with Crippen molar-refractivity contribution < 1.29 is 38.0 Å². The van der Waals surface area contributed by atoms with E-state index in [-0.39, 0.29) is 16.6 Å². The number of benzene rings is 1. The summed E-state index contributed by atoms with van der Waals surface area (Å²) in [5, 5.41) is 0. The molecule has 39 heavy (non-hydrogen) atoms. The molecule has 9 heteroatoms. The average Bonchev–Trinajstić information content (AvgIpc) is 2.92. The molecule has 1 unspecified atom stereocenters. The minimum absolute atomic E-state index is 0.160. The summed E-state index contributed by atoms with van der Waals surface area (Å²) in [7, 11) is 0. The van der Waals surface area contributed by atoms with Crippen molar-refractivity contribution in [3.8, 4) is 5.75 Å². The lowest BCUT2D eigenvalue weighted by molar-refractivity contribution is -0.141. The predicted molar refractivity (Wildman–Crippen MR) is 158 cm³/mol. The van der Waals surface area contributed by atoms with Gasteiger partial charge in [-0.2, -0.15) is 0 Å². The lowest BCUT2D eigenvalue weighted by atomic mass is 9.87. The number of ether oxygens (including phenoxy) is 6. The van der Waals surface area contributed by atoms with Gasteiger partial charge in [-0.25, -0.2) is 9.59 Å². The Hall–Kier alpha value is -2.63. The molecule has 0 saturated heterocycles. The molecule has 0 spiro atoms. The van der Waals surface area contributed by atoms with Crippen molar-refractivity contribution in [2.24, 2.45) is 0 Å². The first-order chi connectivity index (χ1) is 18.6. The topological polar surface area (TPSA) is 89.5 Å². The van der Waals surface area contributed by atoms with Gasteiger partial charge in [0.15, 0.2) is 0 Å². The summed E-state index contributed by atoms with van der Waals surface area (Å²) in [6.07, 6.45) is 5.90. The van der Waals surface area contributed by atoms with Crippen LogP contribution in [0.15, 0.2) is 72.1 Å². The van der Waals surface area contributed by atoms with E-state index in [4.69, 9.17) is 28.4 Å². The molecule has 1 aliphatic carbocycles. The molecule has 2 rings (SSSR count). The van der Waals surface area contributed by atoms with Gasteiger partial charge in [0.05, 0.1) is 35.6 Å². The summed E-state index contributed by atoms with van der Waals surface area (Å²) in [5.74, 6) is 0.886. The maximum atomic E-state index is 11.3. The molecule has 0 amide bonds. The average molecular weight is 655 g/mol. The zero-order valence-corrected chi connectivity index (χ0v) is 25.3. The Morgan fingerprint density at radius 2 is 1.28 bits per heavy atom. The molecular weight excluding hydrogens is 615 g/mol. The maximum absolute atomic E-state index is 11.3. The largest absolute Gasteiger partial charge is 0.496 e. The van der Waals surface area contributed by atoms with Crippen LogP contribution in [0, 0.1) is 0 Å². The molecule has 1 atom stereocenters. The first-order valence-corrected chi connectivity index (χ1v) is 13.9. The predicted octanol–water partition coefficient (Wildman–Crippen LogP) is 5.61. The fraction of sp³-hybridized carbons (Fsp3) is 0.467. The Balaban J connectivity index is 1.69. The van der Waals surface area contributed by atoms with Crippen LogP contribution in [0.4, 0.5) is 0 Å². The fourth-order valence-electron chi connectivity index (χ4n) is 3.47. The van der Waals surface area contributed by atoms with Gasteiger partial charge in [0.2, 0.25) is 0 Å². The smallest absolute Gasteiger partial charge is 0.333 e. The Bertz CT molecular complexity index is 1040. The van der Waals surface area contributed by atoms with E-state index in [9.17, 15) is 9.59 Å². The van der Waals surface area contributed by atoms with Gasteiger partial charge >= 0.3 is 11.9 Å². The van der Waals surface area contributed by atoms with Crippen molar-refractivity contribution in [1.29, 1.82) is 0 Å². The number of halogens is 1. The zero-order valence-electron chi connectivity index (χ0n) is 23.1. The number of hydrogen-bond acceptors (Lipinski definition) is 8. The Morgan fingerprint density at radius 1 is 0.769 bits per heavy atom. The van der Waals surface area contributed by atoms with Crippen LogP contribution in [0.2, 0.25) is 0 Å². The van der Waals surface area contributed by atoms with Crippen molar-refractivity contribution in [2.45, 2.75) is 37.0 Å². The van der Waals surface area contributed by atoms with Crippen LogP contribution in [0.25, 0.3) is 0 Å². The van der Waals surface area contributed by atoms with Gasteiger partial charge in [-0.05, 0) is 56.5 Å². The normalized spacial score (nSPS) is 14.4. The second kappa shape index (κ2) is 17.1. The van der Waals surface area contributed by atoms with E-state index < -0.39 is 11.9 Å². The van der Waals surface area contributed by atoms with Crippen molar-refractivity contribution in [3.05, 3.63) is 77.6 Å². The highest BCUT2D eigenvalue weighted by Crippen LogP contribution is 2.43. The van der Waals surface area contributed by atoms with Gasteiger partial charge in [0.1, 0.15) is 32.2 Å². The molecule has 0 heterocycles. The van der Waals surface area contributed by atoms with E-state index in [0.717, 1.165) is 24.4 Å². The summed E-state index contributed by atoms with van der Waals surface area (Å²) in [5.41, 5.74) is 3.26. The van der Waals surface area contributed by atoms with Crippen molar-refractivity contribution in [3.63, 3.8) is 0 Å². The van der Waals surface area contributed by atoms with Gasteiger partial charge < -0.3 is 28.4 Å². The van der Waals surface area contributed by atoms with Crippen LogP contribution in [-0.4, -0.2) is 64.8 Å². The highest BCUT2D eigenvalue weighted by atomic mass is 127. The lowest BCUT2D eigenvalue weighted by Gasteiger charge is -2.29. The van der Waals surface area contributed by atoms with Crippen LogP contribution in [0.1, 0.15) is 39.2 Å². The van der Waals surface area contributed by atoms with Gasteiger partial charge in [-0.1, -0.05) is 54.0 Å². The highest BCUT2D eigenvalue weighted by Gasteiger charge is 2.28. The molecule has 0 aliphatic heterocycles. The van der Waals surface area contributed by atoms with Gasteiger partial charge in [-0.15, -0.1) is 0 Å². The Labute approximate surface area is 245 Å². The summed E-state index contributed by atoms with van der Waals surface area (Å²) in [6.45, 7) is 15.2. The van der Waals surface area contributed by atoms with E-state index in [1.807, 2.05) is 18.2 Å². The van der Waals surface area contributed by atoms with Crippen molar-refractivity contribution in [2.75, 3.05) is 52.9 Å². The molecular formula is C30H39IO8. The standard InChI is InChI=1S/C30H39IO8/c1-22(2)28(32)38-20-16-34-14-18-36-26-10-6-24(7-11-26)30(5,31)25-8-12-27(13-9-25)37-19-15-35-17-21-39-29(33)23(3)4/h6-8,10-12H,1,3,9,13-21H2,2,4-5H3. The summed E-state index contributed by atoms with van der Waals surface area (Å²) >= 11 is 2.49. The van der Waals surface area contributed by atoms with Gasteiger partial charge in [0, 0.05) is 17.6 Å². The second-order valence-corrected chi connectivity index (χ2v) is 11.3. The first-order valence-electron chi connectivity index (χ1n) is 12.9.